The molecule has 1 saturated carbocycles. The minimum atomic E-state index is 0.286. The molecule has 1 aromatic rings. The molecule has 1 fully saturated rings. The van der Waals surface area contributed by atoms with Crippen LogP contribution < -0.4 is 5.73 Å². The molecule has 0 radical (unpaired) electrons. The monoisotopic (exact) mass is 266 g/mol. The van der Waals surface area contributed by atoms with Crippen molar-refractivity contribution in [3.05, 3.63) is 22.4 Å². The summed E-state index contributed by atoms with van der Waals surface area (Å²) in [5, 5.41) is 2.18. The molecule has 0 bridgehead atoms. The van der Waals surface area contributed by atoms with Crippen LogP contribution in [0.3, 0.4) is 0 Å². The third-order valence-corrected chi connectivity index (χ3v) is 4.79. The Morgan fingerprint density at radius 1 is 1.50 bits per heavy atom. The van der Waals surface area contributed by atoms with Gasteiger partial charge in [0.25, 0.3) is 0 Å². The lowest BCUT2D eigenvalue weighted by molar-refractivity contribution is 0.146. The van der Waals surface area contributed by atoms with E-state index in [2.05, 4.69) is 36.3 Å². The number of hydrogen-bond acceptors (Lipinski definition) is 3. The third-order valence-electron chi connectivity index (χ3n) is 3.93. The molecular formula is C15H26N2S. The first kappa shape index (κ1) is 14.0. The van der Waals surface area contributed by atoms with Crippen molar-refractivity contribution in [2.45, 2.75) is 52.1 Å². The highest BCUT2D eigenvalue weighted by molar-refractivity contribution is 7.09. The lowest BCUT2D eigenvalue weighted by Gasteiger charge is -2.34. The fourth-order valence-electron chi connectivity index (χ4n) is 2.70. The summed E-state index contributed by atoms with van der Waals surface area (Å²) in [6.07, 6.45) is 5.21. The molecular weight excluding hydrogens is 240 g/mol. The largest absolute Gasteiger partial charge is 0.330 e. The van der Waals surface area contributed by atoms with Crippen molar-refractivity contribution < 1.29 is 0 Å². The summed E-state index contributed by atoms with van der Waals surface area (Å²) in [6.45, 7) is 7.67. The van der Waals surface area contributed by atoms with Crippen molar-refractivity contribution in [2.75, 3.05) is 13.1 Å². The SMILES string of the molecule is CCCC(C)(CN)CN(Cc1cccs1)C1CC1. The summed E-state index contributed by atoms with van der Waals surface area (Å²) in [5.74, 6) is 0. The molecule has 1 atom stereocenters. The maximum absolute atomic E-state index is 6.01. The van der Waals surface area contributed by atoms with E-state index in [9.17, 15) is 0 Å². The van der Waals surface area contributed by atoms with Crippen LogP contribution >= 0.6 is 11.3 Å². The quantitative estimate of drug-likeness (QED) is 0.780. The van der Waals surface area contributed by atoms with Gasteiger partial charge in [0, 0.05) is 24.0 Å². The fraction of sp³-hybridized carbons (Fsp3) is 0.733. The number of nitrogens with zero attached hydrogens (tertiary/aromatic N) is 1. The van der Waals surface area contributed by atoms with Gasteiger partial charge < -0.3 is 5.73 Å². The van der Waals surface area contributed by atoms with Gasteiger partial charge in [-0.2, -0.15) is 0 Å². The van der Waals surface area contributed by atoms with Crippen LogP contribution in [-0.2, 0) is 6.54 Å². The topological polar surface area (TPSA) is 29.3 Å². The van der Waals surface area contributed by atoms with Crippen LogP contribution in [0.15, 0.2) is 17.5 Å². The second-order valence-corrected chi connectivity index (χ2v) is 7.01. The Kier molecular flexibility index (Phi) is 4.82. The van der Waals surface area contributed by atoms with Crippen molar-refractivity contribution in [3.63, 3.8) is 0 Å². The highest BCUT2D eigenvalue weighted by Crippen LogP contribution is 2.33. The van der Waals surface area contributed by atoms with Crippen LogP contribution in [0.2, 0.25) is 0 Å². The maximum Gasteiger partial charge on any atom is 0.0331 e. The molecule has 1 aliphatic carbocycles. The average molecular weight is 266 g/mol. The van der Waals surface area contributed by atoms with Crippen molar-refractivity contribution >= 4 is 11.3 Å². The molecule has 1 unspecified atom stereocenters. The molecule has 2 N–H and O–H groups in total. The molecule has 0 aliphatic heterocycles. The minimum Gasteiger partial charge on any atom is -0.330 e. The molecule has 18 heavy (non-hydrogen) atoms. The van der Waals surface area contributed by atoms with E-state index >= 15 is 0 Å². The van der Waals surface area contributed by atoms with Gasteiger partial charge in [-0.25, -0.2) is 0 Å². The van der Waals surface area contributed by atoms with Crippen LogP contribution in [0.4, 0.5) is 0 Å². The van der Waals surface area contributed by atoms with Crippen LogP contribution in [0, 0.1) is 5.41 Å². The molecule has 1 aliphatic rings. The first-order valence-electron chi connectivity index (χ1n) is 7.13. The standard InChI is InChI=1S/C15H26N2S/c1-3-8-15(2,11-16)12-17(13-6-7-13)10-14-5-4-9-18-14/h4-5,9,13H,3,6-8,10-12,16H2,1-2H3. The average Bonchev–Trinajstić information content (AvgIpc) is 3.08. The minimum absolute atomic E-state index is 0.286. The predicted octanol–water partition coefficient (Wildman–Crippen LogP) is 3.48. The van der Waals surface area contributed by atoms with Crippen molar-refractivity contribution in [1.29, 1.82) is 0 Å². The fourth-order valence-corrected chi connectivity index (χ4v) is 3.43. The number of nitrogens with two attached hydrogens (primary N) is 1. The molecule has 2 rings (SSSR count). The van der Waals surface area contributed by atoms with Gasteiger partial charge in [-0.3, -0.25) is 4.90 Å². The van der Waals surface area contributed by atoms with Gasteiger partial charge in [0.1, 0.15) is 0 Å². The van der Waals surface area contributed by atoms with Crippen molar-refractivity contribution in [2.24, 2.45) is 11.1 Å². The van der Waals surface area contributed by atoms with Gasteiger partial charge in [-0.05, 0) is 42.7 Å². The first-order valence-corrected chi connectivity index (χ1v) is 8.01. The molecule has 0 aromatic carbocycles. The molecule has 102 valence electrons. The molecule has 3 heteroatoms. The number of rotatable bonds is 8. The van der Waals surface area contributed by atoms with Crippen LogP contribution in [0.5, 0.6) is 0 Å². The summed E-state index contributed by atoms with van der Waals surface area (Å²) in [6, 6.07) is 5.22. The van der Waals surface area contributed by atoms with E-state index in [1.54, 1.807) is 0 Å². The summed E-state index contributed by atoms with van der Waals surface area (Å²) in [4.78, 5) is 4.15. The van der Waals surface area contributed by atoms with Crippen LogP contribution in [0.1, 0.15) is 44.4 Å². The third kappa shape index (κ3) is 3.81. The smallest absolute Gasteiger partial charge is 0.0331 e. The van der Waals surface area contributed by atoms with E-state index in [1.165, 1.54) is 30.6 Å². The number of hydrogen-bond donors (Lipinski definition) is 1. The van der Waals surface area contributed by atoms with Crippen molar-refractivity contribution in [1.82, 2.24) is 4.90 Å². The normalized spacial score (nSPS) is 19.1. The Morgan fingerprint density at radius 3 is 2.78 bits per heavy atom. The van der Waals surface area contributed by atoms with E-state index in [1.807, 2.05) is 11.3 Å². The Labute approximate surface area is 115 Å². The van der Waals surface area contributed by atoms with Gasteiger partial charge >= 0.3 is 0 Å². The Hall–Kier alpha value is -0.380. The second kappa shape index (κ2) is 6.18. The van der Waals surface area contributed by atoms with E-state index in [0.717, 1.165) is 25.7 Å². The molecule has 0 amide bonds. The van der Waals surface area contributed by atoms with Gasteiger partial charge in [-0.15, -0.1) is 11.3 Å². The first-order chi connectivity index (χ1) is 8.67. The predicted molar refractivity (Wildman–Crippen MR) is 79.8 cm³/mol. The van der Waals surface area contributed by atoms with Gasteiger partial charge in [0.05, 0.1) is 0 Å². The van der Waals surface area contributed by atoms with E-state index in [4.69, 9.17) is 5.73 Å². The highest BCUT2D eigenvalue weighted by Gasteiger charge is 2.34. The molecule has 1 heterocycles. The molecule has 1 aromatic heterocycles. The van der Waals surface area contributed by atoms with Gasteiger partial charge in [0.15, 0.2) is 0 Å². The van der Waals surface area contributed by atoms with Crippen LogP contribution in [-0.4, -0.2) is 24.0 Å². The van der Waals surface area contributed by atoms with E-state index in [0.29, 0.717) is 0 Å². The maximum atomic E-state index is 6.01. The molecule has 0 spiro atoms. The van der Waals surface area contributed by atoms with E-state index < -0.39 is 0 Å². The molecule has 0 saturated heterocycles. The Morgan fingerprint density at radius 2 is 2.28 bits per heavy atom. The molecule has 2 nitrogen and oxygen atoms in total. The van der Waals surface area contributed by atoms with E-state index in [-0.39, 0.29) is 5.41 Å². The van der Waals surface area contributed by atoms with Gasteiger partial charge in [-0.1, -0.05) is 26.3 Å². The lowest BCUT2D eigenvalue weighted by atomic mass is 9.85. The summed E-state index contributed by atoms with van der Waals surface area (Å²) in [5.41, 5.74) is 6.30. The van der Waals surface area contributed by atoms with Crippen molar-refractivity contribution in [3.8, 4) is 0 Å². The van der Waals surface area contributed by atoms with Crippen LogP contribution in [0.25, 0.3) is 0 Å². The summed E-state index contributed by atoms with van der Waals surface area (Å²) < 4.78 is 0. The zero-order valence-corrected chi connectivity index (χ0v) is 12.5. The Balaban J connectivity index is 1.97. The lowest BCUT2D eigenvalue weighted by Crippen LogP contribution is -2.41. The highest BCUT2D eigenvalue weighted by atomic mass is 32.1. The Bertz CT molecular complexity index is 345. The zero-order valence-electron chi connectivity index (χ0n) is 11.7. The second-order valence-electron chi connectivity index (χ2n) is 5.98. The number of thiophene rings is 1. The summed E-state index contributed by atoms with van der Waals surface area (Å²) in [7, 11) is 0. The summed E-state index contributed by atoms with van der Waals surface area (Å²) >= 11 is 1.87. The van der Waals surface area contributed by atoms with Gasteiger partial charge in [0.2, 0.25) is 0 Å². The zero-order chi connectivity index (χ0) is 13.0.